The molecule has 21 heavy (non-hydrogen) atoms. The summed E-state index contributed by atoms with van der Waals surface area (Å²) in [5.74, 6) is 3.13. The minimum absolute atomic E-state index is 0.0922. The average molecular weight is 379 g/mol. The van der Waals surface area contributed by atoms with Crippen LogP contribution in [0, 0.1) is 11.6 Å². The fourth-order valence-corrected chi connectivity index (χ4v) is 2.98. The third-order valence-electron chi connectivity index (χ3n) is 2.43. The fraction of sp³-hybridized carbons (Fsp3) is 0. The first-order valence-electron chi connectivity index (χ1n) is 5.43. The molecule has 2 aromatic rings. The van der Waals surface area contributed by atoms with Crippen LogP contribution in [0.25, 0.3) is 0 Å². The van der Waals surface area contributed by atoms with E-state index in [1.807, 2.05) is 4.72 Å². The van der Waals surface area contributed by atoms with Crippen molar-refractivity contribution in [2.24, 2.45) is 5.84 Å². The van der Waals surface area contributed by atoms with Crippen LogP contribution in [0.4, 0.5) is 20.3 Å². The molecule has 10 heteroatoms. The summed E-state index contributed by atoms with van der Waals surface area (Å²) >= 11 is 2.90. The molecule has 112 valence electrons. The quantitative estimate of drug-likeness (QED) is 0.559. The Morgan fingerprint density at radius 2 is 1.81 bits per heavy atom. The number of nitrogens with one attached hydrogen (secondary N) is 2. The van der Waals surface area contributed by atoms with Crippen molar-refractivity contribution in [2.45, 2.75) is 4.90 Å². The van der Waals surface area contributed by atoms with Gasteiger partial charge in [-0.15, -0.1) is 0 Å². The lowest BCUT2D eigenvalue weighted by Gasteiger charge is -2.11. The molecular weight excluding hydrogens is 370 g/mol. The third kappa shape index (κ3) is 3.46. The number of hydrogen-bond donors (Lipinski definition) is 3. The molecule has 0 unspecified atom stereocenters. The molecule has 4 N–H and O–H groups in total. The molecule has 0 saturated heterocycles. The highest BCUT2D eigenvalue weighted by Gasteiger charge is 2.20. The van der Waals surface area contributed by atoms with Gasteiger partial charge < -0.3 is 5.43 Å². The number of anilines is 2. The number of pyridine rings is 1. The van der Waals surface area contributed by atoms with Crippen LogP contribution in [0.5, 0.6) is 0 Å². The van der Waals surface area contributed by atoms with Gasteiger partial charge in [0.15, 0.2) is 11.6 Å². The Hall–Kier alpha value is -1.78. The van der Waals surface area contributed by atoms with Gasteiger partial charge in [0.2, 0.25) is 0 Å². The van der Waals surface area contributed by atoms with E-state index in [0.29, 0.717) is 0 Å². The van der Waals surface area contributed by atoms with E-state index >= 15 is 0 Å². The van der Waals surface area contributed by atoms with E-state index in [2.05, 4.69) is 26.3 Å². The second kappa shape index (κ2) is 5.92. The van der Waals surface area contributed by atoms with E-state index in [9.17, 15) is 17.2 Å². The highest BCUT2D eigenvalue weighted by Crippen LogP contribution is 2.26. The van der Waals surface area contributed by atoms with Crippen molar-refractivity contribution in [2.75, 3.05) is 10.1 Å². The predicted octanol–water partition coefficient (Wildman–Crippen LogP) is 2.21. The molecule has 0 spiro atoms. The Morgan fingerprint density at radius 3 is 2.38 bits per heavy atom. The van der Waals surface area contributed by atoms with Gasteiger partial charge in [-0.3, -0.25) is 4.72 Å². The summed E-state index contributed by atoms with van der Waals surface area (Å²) < 4.78 is 53.5. The maximum atomic E-state index is 13.7. The first kappa shape index (κ1) is 15.6. The maximum absolute atomic E-state index is 13.7. The normalized spacial score (nSPS) is 11.2. The maximum Gasteiger partial charge on any atom is 0.262 e. The molecule has 0 radical (unpaired) electrons. The van der Waals surface area contributed by atoms with Crippen molar-refractivity contribution < 1.29 is 17.2 Å². The van der Waals surface area contributed by atoms with Crippen molar-refractivity contribution in [1.82, 2.24) is 4.98 Å². The number of hydrogen-bond acceptors (Lipinski definition) is 5. The Morgan fingerprint density at radius 1 is 1.19 bits per heavy atom. The lowest BCUT2D eigenvalue weighted by atomic mass is 10.3. The SMILES string of the molecule is NNc1cc(S(=O)(=O)Nc2c(F)cc(Br)cc2F)ccn1. The molecule has 2 rings (SSSR count). The van der Waals surface area contributed by atoms with Gasteiger partial charge in [-0.05, 0) is 18.2 Å². The number of rotatable bonds is 4. The minimum atomic E-state index is -4.18. The molecule has 6 nitrogen and oxygen atoms in total. The second-order valence-corrected chi connectivity index (χ2v) is 6.47. The van der Waals surface area contributed by atoms with Gasteiger partial charge in [0.05, 0.1) is 4.90 Å². The molecule has 0 amide bonds. The summed E-state index contributed by atoms with van der Waals surface area (Å²) in [5, 5.41) is 0. The largest absolute Gasteiger partial charge is 0.308 e. The topological polar surface area (TPSA) is 97.1 Å². The van der Waals surface area contributed by atoms with Crippen LogP contribution in [0.3, 0.4) is 0 Å². The Bertz CT molecular complexity index is 763. The lowest BCUT2D eigenvalue weighted by Crippen LogP contribution is -2.16. The van der Waals surface area contributed by atoms with E-state index in [0.717, 1.165) is 24.3 Å². The smallest absolute Gasteiger partial charge is 0.262 e. The first-order valence-corrected chi connectivity index (χ1v) is 7.71. The molecule has 1 aromatic heterocycles. The van der Waals surface area contributed by atoms with Crippen molar-refractivity contribution in [3.05, 3.63) is 46.6 Å². The number of nitrogens with two attached hydrogens (primary N) is 1. The van der Waals surface area contributed by atoms with Gasteiger partial charge in [-0.2, -0.15) is 0 Å². The van der Waals surface area contributed by atoms with Gasteiger partial charge in [-0.1, -0.05) is 15.9 Å². The predicted molar refractivity (Wildman–Crippen MR) is 76.9 cm³/mol. The van der Waals surface area contributed by atoms with E-state index in [1.165, 1.54) is 6.20 Å². The number of hydrazine groups is 1. The number of nitrogen functional groups attached to an aromatic ring is 1. The lowest BCUT2D eigenvalue weighted by molar-refractivity contribution is 0.582. The van der Waals surface area contributed by atoms with Crippen molar-refractivity contribution in [3.8, 4) is 0 Å². The summed E-state index contributed by atoms with van der Waals surface area (Å²) in [6, 6.07) is 4.18. The monoisotopic (exact) mass is 378 g/mol. The van der Waals surface area contributed by atoms with Crippen molar-refractivity contribution in [1.29, 1.82) is 0 Å². The summed E-state index contributed by atoms with van der Waals surface area (Å²) in [7, 11) is -4.18. The van der Waals surface area contributed by atoms with Gasteiger partial charge in [0.25, 0.3) is 10.0 Å². The van der Waals surface area contributed by atoms with Crippen LogP contribution in [-0.2, 0) is 10.0 Å². The standard InChI is InChI=1S/C11H9BrF2N4O2S/c12-6-3-8(13)11(9(14)4-6)18-21(19,20)7-1-2-16-10(5-7)17-15/h1-5,18H,15H2,(H,16,17). The van der Waals surface area contributed by atoms with Gasteiger partial charge in [-0.25, -0.2) is 28.0 Å². The van der Waals surface area contributed by atoms with Crippen LogP contribution >= 0.6 is 15.9 Å². The number of nitrogens with zero attached hydrogens (tertiary/aromatic N) is 1. The van der Waals surface area contributed by atoms with Crippen LogP contribution < -0.4 is 16.0 Å². The molecule has 0 fully saturated rings. The third-order valence-corrected chi connectivity index (χ3v) is 4.24. The molecule has 1 aromatic carbocycles. The molecule has 0 saturated carbocycles. The summed E-state index contributed by atoms with van der Waals surface area (Å²) in [5.41, 5.74) is 1.41. The van der Waals surface area contributed by atoms with E-state index in [-0.39, 0.29) is 15.2 Å². The number of benzene rings is 1. The minimum Gasteiger partial charge on any atom is -0.308 e. The van der Waals surface area contributed by atoms with E-state index < -0.39 is 27.3 Å². The molecule has 0 bridgehead atoms. The molecular formula is C11H9BrF2N4O2S. The number of aromatic nitrogens is 1. The molecule has 0 aliphatic rings. The Kier molecular flexibility index (Phi) is 4.40. The van der Waals surface area contributed by atoms with E-state index in [1.54, 1.807) is 0 Å². The number of halogens is 3. The van der Waals surface area contributed by atoms with Gasteiger partial charge >= 0.3 is 0 Å². The summed E-state index contributed by atoms with van der Waals surface area (Å²) in [6.07, 6.45) is 1.19. The van der Waals surface area contributed by atoms with Crippen molar-refractivity contribution >= 4 is 37.5 Å². The van der Waals surface area contributed by atoms with Crippen LogP contribution in [0.2, 0.25) is 0 Å². The zero-order chi connectivity index (χ0) is 15.6. The zero-order valence-corrected chi connectivity index (χ0v) is 12.7. The highest BCUT2D eigenvalue weighted by molar-refractivity contribution is 9.10. The van der Waals surface area contributed by atoms with Crippen LogP contribution in [0.1, 0.15) is 0 Å². The Labute approximate surface area is 127 Å². The van der Waals surface area contributed by atoms with Gasteiger partial charge in [0.1, 0.15) is 11.5 Å². The van der Waals surface area contributed by atoms with Crippen LogP contribution in [0.15, 0.2) is 39.8 Å². The summed E-state index contributed by atoms with van der Waals surface area (Å²) in [4.78, 5) is 3.50. The fourth-order valence-electron chi connectivity index (χ4n) is 1.49. The highest BCUT2D eigenvalue weighted by atomic mass is 79.9. The summed E-state index contributed by atoms with van der Waals surface area (Å²) in [6.45, 7) is 0. The Balaban J connectivity index is 2.42. The van der Waals surface area contributed by atoms with Crippen LogP contribution in [-0.4, -0.2) is 13.4 Å². The second-order valence-electron chi connectivity index (χ2n) is 3.87. The van der Waals surface area contributed by atoms with Crippen molar-refractivity contribution in [3.63, 3.8) is 0 Å². The molecule has 0 aliphatic carbocycles. The number of sulfonamides is 1. The average Bonchev–Trinajstić information content (AvgIpc) is 2.43. The van der Waals surface area contributed by atoms with E-state index in [4.69, 9.17) is 5.84 Å². The molecule has 0 aliphatic heterocycles. The first-order chi connectivity index (χ1) is 9.83. The molecule has 1 heterocycles. The zero-order valence-electron chi connectivity index (χ0n) is 10.3. The molecule has 0 atom stereocenters. The van der Waals surface area contributed by atoms with Gasteiger partial charge in [0, 0.05) is 16.7 Å².